The molecule has 0 bridgehead atoms. The molecule has 0 unspecified atom stereocenters. The van der Waals surface area contributed by atoms with Crippen LogP contribution in [0.2, 0.25) is 0 Å². The minimum Gasteiger partial charge on any atom is -0.489 e. The van der Waals surface area contributed by atoms with Gasteiger partial charge in [0.1, 0.15) is 11.3 Å². The van der Waals surface area contributed by atoms with Gasteiger partial charge in [-0.15, -0.1) is 0 Å². The van der Waals surface area contributed by atoms with Crippen molar-refractivity contribution in [1.82, 2.24) is 15.2 Å². The molecule has 4 rings (SSSR count). The predicted molar refractivity (Wildman–Crippen MR) is 131 cm³/mol. The number of nitro benzene ring substituents is 1. The van der Waals surface area contributed by atoms with Gasteiger partial charge in [-0.2, -0.15) is 13.2 Å². The topological polar surface area (TPSA) is 113 Å². The van der Waals surface area contributed by atoms with Crippen LogP contribution in [0.3, 0.4) is 0 Å². The molecular weight excluding hydrogens is 493 g/mol. The van der Waals surface area contributed by atoms with Gasteiger partial charge in [-0.05, 0) is 37.8 Å². The lowest BCUT2D eigenvalue weighted by Crippen LogP contribution is -2.51. The molecule has 13 heteroatoms. The molecule has 1 aliphatic carbocycles. The van der Waals surface area contributed by atoms with Gasteiger partial charge in [-0.25, -0.2) is 4.79 Å². The molecule has 200 valence electrons. The van der Waals surface area contributed by atoms with Gasteiger partial charge in [0.2, 0.25) is 0 Å². The van der Waals surface area contributed by atoms with Crippen LogP contribution in [0.1, 0.15) is 31.2 Å². The Hall–Kier alpha value is -3.77. The SMILES string of the molecule is CNC(=O)N1CCN(c2cncc(O[C@H]3CC[C@H](Nc4ccc([N+](=O)[O-])c(C(F)(F)F)c4)CC3)c2)CC1. The van der Waals surface area contributed by atoms with E-state index in [-0.39, 0.29) is 23.9 Å². The highest BCUT2D eigenvalue weighted by atomic mass is 19.4. The van der Waals surface area contributed by atoms with Gasteiger partial charge in [0.15, 0.2) is 0 Å². The van der Waals surface area contributed by atoms with E-state index >= 15 is 0 Å². The smallest absolute Gasteiger partial charge is 0.423 e. The number of pyridine rings is 1. The standard InChI is InChI=1S/C24H29F3N6O4/c1-28-23(34)32-10-8-31(9-11-32)18-13-20(15-29-14-18)37-19-5-2-16(3-6-19)30-17-4-7-22(33(35)36)21(12-17)24(25,26)27/h4,7,12-16,19,30H,2-3,5-6,8-11H2,1H3,(H,28,34)/t16-,19-. The van der Waals surface area contributed by atoms with Crippen molar-refractivity contribution in [1.29, 1.82) is 0 Å². The van der Waals surface area contributed by atoms with Gasteiger partial charge in [0.05, 0.1) is 29.1 Å². The number of piperazine rings is 1. The maximum atomic E-state index is 13.3. The number of rotatable bonds is 6. The molecule has 1 saturated carbocycles. The highest BCUT2D eigenvalue weighted by molar-refractivity contribution is 5.74. The largest absolute Gasteiger partial charge is 0.489 e. The van der Waals surface area contributed by atoms with Crippen molar-refractivity contribution >= 4 is 23.1 Å². The van der Waals surface area contributed by atoms with Crippen molar-refractivity contribution in [2.45, 2.75) is 44.0 Å². The number of aromatic nitrogens is 1. The Labute approximate surface area is 211 Å². The van der Waals surface area contributed by atoms with E-state index in [1.54, 1.807) is 24.3 Å². The zero-order chi connectivity index (χ0) is 26.6. The molecule has 1 aromatic heterocycles. The fourth-order valence-electron chi connectivity index (χ4n) is 4.74. The van der Waals surface area contributed by atoms with Crippen molar-refractivity contribution in [2.75, 3.05) is 43.4 Å². The lowest BCUT2D eigenvalue weighted by Gasteiger charge is -2.36. The molecule has 2 fully saturated rings. The molecule has 2 heterocycles. The van der Waals surface area contributed by atoms with Crippen LogP contribution in [0.25, 0.3) is 0 Å². The fourth-order valence-corrected chi connectivity index (χ4v) is 4.74. The van der Waals surface area contributed by atoms with Crippen LogP contribution < -0.4 is 20.3 Å². The van der Waals surface area contributed by atoms with Crippen LogP contribution in [-0.2, 0) is 6.18 Å². The molecule has 2 aromatic rings. The van der Waals surface area contributed by atoms with Gasteiger partial charge < -0.3 is 25.2 Å². The zero-order valence-electron chi connectivity index (χ0n) is 20.3. The molecule has 1 aromatic carbocycles. The number of nitrogens with zero attached hydrogens (tertiary/aromatic N) is 4. The van der Waals surface area contributed by atoms with Crippen LogP contribution in [0.5, 0.6) is 5.75 Å². The first-order valence-electron chi connectivity index (χ1n) is 12.1. The molecule has 2 aliphatic rings. The first kappa shape index (κ1) is 26.3. The van der Waals surface area contributed by atoms with E-state index in [0.29, 0.717) is 57.6 Å². The summed E-state index contributed by atoms with van der Waals surface area (Å²) >= 11 is 0. The highest BCUT2D eigenvalue weighted by Crippen LogP contribution is 2.38. The van der Waals surface area contributed by atoms with Crippen LogP contribution in [-0.4, -0.2) is 66.2 Å². The molecular formula is C24H29F3N6O4. The highest BCUT2D eigenvalue weighted by Gasteiger charge is 2.38. The van der Waals surface area contributed by atoms with E-state index in [2.05, 4.69) is 20.5 Å². The summed E-state index contributed by atoms with van der Waals surface area (Å²) in [4.78, 5) is 29.9. The average molecular weight is 523 g/mol. The van der Waals surface area contributed by atoms with Crippen LogP contribution in [0, 0.1) is 10.1 Å². The summed E-state index contributed by atoms with van der Waals surface area (Å²) in [6.07, 6.45) is 1.31. The number of alkyl halides is 3. The average Bonchev–Trinajstić information content (AvgIpc) is 2.89. The Morgan fingerprint density at radius 3 is 2.43 bits per heavy atom. The lowest BCUT2D eigenvalue weighted by molar-refractivity contribution is -0.388. The van der Waals surface area contributed by atoms with Crippen LogP contribution >= 0.6 is 0 Å². The fraction of sp³-hybridized carbons (Fsp3) is 0.500. The lowest BCUT2D eigenvalue weighted by atomic mass is 9.92. The molecule has 2 N–H and O–H groups in total. The number of benzene rings is 1. The summed E-state index contributed by atoms with van der Waals surface area (Å²) in [6.45, 7) is 2.60. The molecule has 1 saturated heterocycles. The molecule has 0 atom stereocenters. The Morgan fingerprint density at radius 2 is 1.81 bits per heavy atom. The van der Waals surface area contributed by atoms with E-state index in [9.17, 15) is 28.1 Å². The molecule has 10 nitrogen and oxygen atoms in total. The number of hydrogen-bond donors (Lipinski definition) is 2. The molecule has 1 aliphatic heterocycles. The number of amides is 2. The normalized spacial score (nSPS) is 20.3. The van der Waals surface area contributed by atoms with E-state index in [1.165, 1.54) is 6.07 Å². The third kappa shape index (κ3) is 6.52. The number of carbonyl (C=O) groups excluding carboxylic acids is 1. The van der Waals surface area contributed by atoms with E-state index in [1.807, 2.05) is 6.07 Å². The second kappa shape index (κ2) is 11.1. The third-order valence-electron chi connectivity index (χ3n) is 6.69. The summed E-state index contributed by atoms with van der Waals surface area (Å²) < 4.78 is 45.9. The van der Waals surface area contributed by atoms with Crippen molar-refractivity contribution in [2.24, 2.45) is 0 Å². The quantitative estimate of drug-likeness (QED) is 0.430. The second-order valence-electron chi connectivity index (χ2n) is 9.13. The zero-order valence-corrected chi connectivity index (χ0v) is 20.3. The molecule has 0 radical (unpaired) electrons. The first-order valence-corrected chi connectivity index (χ1v) is 12.1. The Morgan fingerprint density at radius 1 is 1.11 bits per heavy atom. The minimum absolute atomic E-state index is 0.0530. The van der Waals surface area contributed by atoms with Crippen LogP contribution in [0.4, 0.5) is 35.0 Å². The van der Waals surface area contributed by atoms with E-state index < -0.39 is 22.4 Å². The van der Waals surface area contributed by atoms with Gasteiger partial charge in [-0.1, -0.05) is 0 Å². The molecule has 37 heavy (non-hydrogen) atoms. The van der Waals surface area contributed by atoms with Crippen molar-refractivity contribution in [3.63, 3.8) is 0 Å². The maximum absolute atomic E-state index is 13.3. The van der Waals surface area contributed by atoms with Crippen LogP contribution in [0.15, 0.2) is 36.7 Å². The number of halogens is 3. The first-order chi connectivity index (χ1) is 17.6. The second-order valence-corrected chi connectivity index (χ2v) is 9.13. The van der Waals surface area contributed by atoms with Gasteiger partial charge in [-0.3, -0.25) is 15.1 Å². The van der Waals surface area contributed by atoms with E-state index in [0.717, 1.165) is 17.8 Å². The van der Waals surface area contributed by atoms with Crippen molar-refractivity contribution in [3.05, 3.63) is 52.3 Å². The minimum atomic E-state index is -4.81. The Kier molecular flexibility index (Phi) is 7.89. The van der Waals surface area contributed by atoms with Crippen molar-refractivity contribution in [3.8, 4) is 5.75 Å². The third-order valence-corrected chi connectivity index (χ3v) is 6.69. The van der Waals surface area contributed by atoms with Gasteiger partial charge in [0.25, 0.3) is 5.69 Å². The van der Waals surface area contributed by atoms with Crippen molar-refractivity contribution < 1.29 is 27.6 Å². The van der Waals surface area contributed by atoms with E-state index in [4.69, 9.17) is 4.74 Å². The predicted octanol–water partition coefficient (Wildman–Crippen LogP) is 4.27. The number of anilines is 2. The summed E-state index contributed by atoms with van der Waals surface area (Å²) in [6, 6.07) is 4.77. The summed E-state index contributed by atoms with van der Waals surface area (Å²) in [5.41, 5.74) is -1.10. The Bertz CT molecular complexity index is 1120. The molecule has 2 amide bonds. The number of urea groups is 1. The van der Waals surface area contributed by atoms with Gasteiger partial charge in [0, 0.05) is 57.1 Å². The summed E-state index contributed by atoms with van der Waals surface area (Å²) in [7, 11) is 1.61. The number of ether oxygens (including phenoxy) is 1. The number of hydrogen-bond acceptors (Lipinski definition) is 7. The number of carbonyl (C=O) groups is 1. The Balaban J connectivity index is 1.30. The number of nitrogens with one attached hydrogen (secondary N) is 2. The number of nitro groups is 1. The monoisotopic (exact) mass is 522 g/mol. The maximum Gasteiger partial charge on any atom is 0.423 e. The summed E-state index contributed by atoms with van der Waals surface area (Å²) in [5.74, 6) is 0.646. The molecule has 0 spiro atoms. The summed E-state index contributed by atoms with van der Waals surface area (Å²) in [5, 5.41) is 16.7. The van der Waals surface area contributed by atoms with Gasteiger partial charge >= 0.3 is 12.2 Å².